The summed E-state index contributed by atoms with van der Waals surface area (Å²) < 4.78 is 2.18. The van der Waals surface area contributed by atoms with Gasteiger partial charge in [0.2, 0.25) is 4.77 Å². The predicted molar refractivity (Wildman–Crippen MR) is 84.9 cm³/mol. The summed E-state index contributed by atoms with van der Waals surface area (Å²) in [6.45, 7) is 8.63. The maximum Gasteiger partial charge on any atom is 0.216 e. The molecule has 0 fully saturated rings. The molecule has 0 aliphatic heterocycles. The number of benzene rings is 1. The van der Waals surface area contributed by atoms with Gasteiger partial charge in [-0.15, -0.1) is 0 Å². The lowest BCUT2D eigenvalue weighted by Gasteiger charge is -2.18. The maximum absolute atomic E-state index is 5.16. The Morgan fingerprint density at radius 3 is 2.50 bits per heavy atom. The van der Waals surface area contributed by atoms with Gasteiger partial charge in [0.1, 0.15) is 0 Å². The van der Waals surface area contributed by atoms with Crippen LogP contribution in [0.4, 0.5) is 0 Å². The van der Waals surface area contributed by atoms with Crippen LogP contribution in [0.3, 0.4) is 0 Å². The molecule has 106 valence electrons. The molecule has 0 saturated heterocycles. The van der Waals surface area contributed by atoms with Crippen molar-refractivity contribution in [3.05, 3.63) is 46.0 Å². The summed E-state index contributed by atoms with van der Waals surface area (Å²) in [6.07, 6.45) is 2.59. The van der Waals surface area contributed by atoms with Crippen molar-refractivity contribution in [1.29, 1.82) is 0 Å². The van der Waals surface area contributed by atoms with Crippen LogP contribution in [0.15, 0.2) is 29.4 Å². The number of hydrogen-bond donors (Lipinski definition) is 1. The summed E-state index contributed by atoms with van der Waals surface area (Å²) in [6, 6.07) is 8.41. The average molecular weight is 288 g/mol. The van der Waals surface area contributed by atoms with Crippen molar-refractivity contribution in [3.8, 4) is 0 Å². The molecule has 4 nitrogen and oxygen atoms in total. The van der Waals surface area contributed by atoms with Gasteiger partial charge in [0, 0.05) is 6.42 Å². The van der Waals surface area contributed by atoms with Crippen molar-refractivity contribution in [2.24, 2.45) is 5.10 Å². The maximum atomic E-state index is 5.16. The summed E-state index contributed by atoms with van der Waals surface area (Å²) in [5, 5.41) is 11.3. The second-order valence-corrected chi connectivity index (χ2v) is 6.11. The van der Waals surface area contributed by atoms with Crippen LogP contribution in [0.25, 0.3) is 0 Å². The van der Waals surface area contributed by atoms with Crippen LogP contribution in [0.2, 0.25) is 0 Å². The van der Waals surface area contributed by atoms with E-state index in [0.717, 1.165) is 17.8 Å². The Bertz CT molecular complexity index is 656. The van der Waals surface area contributed by atoms with Gasteiger partial charge in [0.25, 0.3) is 0 Å². The molecule has 1 N–H and O–H groups in total. The molecule has 0 bridgehead atoms. The number of nitrogens with one attached hydrogen (secondary N) is 1. The topological polar surface area (TPSA) is 46.0 Å². The van der Waals surface area contributed by atoms with Crippen LogP contribution in [-0.4, -0.2) is 21.1 Å². The molecule has 1 aromatic heterocycles. The van der Waals surface area contributed by atoms with Gasteiger partial charge >= 0.3 is 0 Å². The molecule has 0 saturated carbocycles. The van der Waals surface area contributed by atoms with Crippen molar-refractivity contribution in [2.45, 2.75) is 39.5 Å². The number of aryl methyl sites for hydroxylation is 1. The SMILES string of the molecule is CCc1n[nH]c(=S)n1/N=C/c1ccc(C(C)(C)C)cc1. The van der Waals surface area contributed by atoms with Gasteiger partial charge in [-0.05, 0) is 28.8 Å². The van der Waals surface area contributed by atoms with Gasteiger partial charge in [0.05, 0.1) is 6.21 Å². The lowest BCUT2D eigenvalue weighted by atomic mass is 9.87. The zero-order valence-corrected chi connectivity index (χ0v) is 13.2. The molecule has 0 unspecified atom stereocenters. The van der Waals surface area contributed by atoms with Crippen LogP contribution in [0.1, 0.15) is 44.6 Å². The first-order valence-corrected chi connectivity index (χ1v) is 7.14. The molecule has 0 radical (unpaired) electrons. The first kappa shape index (κ1) is 14.7. The molecule has 1 aromatic carbocycles. The minimum atomic E-state index is 0.165. The van der Waals surface area contributed by atoms with Crippen LogP contribution in [0.5, 0.6) is 0 Å². The van der Waals surface area contributed by atoms with E-state index in [1.807, 2.05) is 6.92 Å². The monoisotopic (exact) mass is 288 g/mol. The quantitative estimate of drug-likeness (QED) is 0.691. The van der Waals surface area contributed by atoms with Gasteiger partial charge in [0.15, 0.2) is 5.82 Å². The number of hydrogen-bond acceptors (Lipinski definition) is 3. The average Bonchev–Trinajstić information content (AvgIpc) is 2.76. The van der Waals surface area contributed by atoms with Gasteiger partial charge < -0.3 is 0 Å². The van der Waals surface area contributed by atoms with E-state index in [2.05, 4.69) is 60.3 Å². The fraction of sp³-hybridized carbons (Fsp3) is 0.400. The predicted octanol–water partition coefficient (Wildman–Crippen LogP) is 3.68. The minimum absolute atomic E-state index is 0.165. The fourth-order valence-corrected chi connectivity index (χ4v) is 2.06. The minimum Gasteiger partial charge on any atom is -0.250 e. The van der Waals surface area contributed by atoms with E-state index < -0.39 is 0 Å². The molecule has 20 heavy (non-hydrogen) atoms. The summed E-state index contributed by atoms with van der Waals surface area (Å²) >= 11 is 5.16. The van der Waals surface area contributed by atoms with Crippen molar-refractivity contribution in [1.82, 2.24) is 14.9 Å². The van der Waals surface area contributed by atoms with E-state index >= 15 is 0 Å². The van der Waals surface area contributed by atoms with E-state index in [0.29, 0.717) is 4.77 Å². The Morgan fingerprint density at radius 1 is 1.30 bits per heavy atom. The lowest BCUT2D eigenvalue weighted by Crippen LogP contribution is -2.10. The number of aromatic amines is 1. The van der Waals surface area contributed by atoms with Gasteiger partial charge in [-0.3, -0.25) is 5.10 Å². The molecular formula is C15H20N4S. The van der Waals surface area contributed by atoms with E-state index in [9.17, 15) is 0 Å². The van der Waals surface area contributed by atoms with Gasteiger partial charge in [-0.25, -0.2) is 0 Å². The third kappa shape index (κ3) is 3.22. The first-order chi connectivity index (χ1) is 9.41. The van der Waals surface area contributed by atoms with Crippen LogP contribution < -0.4 is 0 Å². The van der Waals surface area contributed by atoms with E-state index in [1.165, 1.54) is 5.56 Å². The molecule has 0 aliphatic rings. The number of rotatable bonds is 3. The standard InChI is InChI=1S/C15H20N4S/c1-5-13-17-18-14(20)19(13)16-10-11-6-8-12(9-7-11)15(2,3)4/h6-10H,5H2,1-4H3,(H,18,20)/b16-10+. The molecule has 0 atom stereocenters. The van der Waals surface area contributed by atoms with Crippen molar-refractivity contribution < 1.29 is 0 Å². The largest absolute Gasteiger partial charge is 0.250 e. The van der Waals surface area contributed by atoms with Crippen molar-refractivity contribution >= 4 is 18.4 Å². The first-order valence-electron chi connectivity index (χ1n) is 6.73. The molecular weight excluding hydrogens is 268 g/mol. The molecule has 2 aromatic rings. The highest BCUT2D eigenvalue weighted by atomic mass is 32.1. The highest BCUT2D eigenvalue weighted by Gasteiger charge is 2.12. The Labute approximate surface area is 124 Å². The fourth-order valence-electron chi connectivity index (χ4n) is 1.87. The normalized spacial score (nSPS) is 12.2. The van der Waals surface area contributed by atoms with Gasteiger partial charge in [-0.1, -0.05) is 52.0 Å². The number of aromatic nitrogens is 3. The molecule has 2 rings (SSSR count). The van der Waals surface area contributed by atoms with Crippen LogP contribution in [-0.2, 0) is 11.8 Å². The highest BCUT2D eigenvalue weighted by molar-refractivity contribution is 7.71. The lowest BCUT2D eigenvalue weighted by molar-refractivity contribution is 0.590. The second-order valence-electron chi connectivity index (χ2n) is 5.73. The third-order valence-electron chi connectivity index (χ3n) is 3.13. The molecule has 0 aliphatic carbocycles. The van der Waals surface area contributed by atoms with E-state index in [-0.39, 0.29) is 5.41 Å². The zero-order valence-electron chi connectivity index (χ0n) is 12.3. The summed E-state index contributed by atoms with van der Waals surface area (Å²) in [5.41, 5.74) is 2.52. The zero-order chi connectivity index (χ0) is 14.8. The summed E-state index contributed by atoms with van der Waals surface area (Å²) in [7, 11) is 0. The van der Waals surface area contributed by atoms with E-state index in [1.54, 1.807) is 10.9 Å². The third-order valence-corrected chi connectivity index (χ3v) is 3.40. The molecule has 5 heteroatoms. The van der Waals surface area contributed by atoms with Crippen molar-refractivity contribution in [3.63, 3.8) is 0 Å². The smallest absolute Gasteiger partial charge is 0.216 e. The number of H-pyrrole nitrogens is 1. The van der Waals surface area contributed by atoms with Gasteiger partial charge in [-0.2, -0.15) is 14.9 Å². The molecule has 0 spiro atoms. The Morgan fingerprint density at radius 2 is 1.95 bits per heavy atom. The second kappa shape index (κ2) is 5.71. The van der Waals surface area contributed by atoms with Crippen molar-refractivity contribution in [2.75, 3.05) is 0 Å². The Hall–Kier alpha value is -1.75. The van der Waals surface area contributed by atoms with E-state index in [4.69, 9.17) is 12.2 Å². The van der Waals surface area contributed by atoms with Crippen LogP contribution in [0, 0.1) is 4.77 Å². The number of nitrogens with zero attached hydrogens (tertiary/aromatic N) is 3. The Balaban J connectivity index is 2.24. The summed E-state index contributed by atoms with van der Waals surface area (Å²) in [4.78, 5) is 0. The molecule has 0 amide bonds. The van der Waals surface area contributed by atoms with Crippen LogP contribution >= 0.6 is 12.2 Å². The summed E-state index contributed by atoms with van der Waals surface area (Å²) in [5.74, 6) is 0.831. The highest BCUT2D eigenvalue weighted by Crippen LogP contribution is 2.21. The molecule has 1 heterocycles. The Kier molecular flexibility index (Phi) is 4.18.